The Morgan fingerprint density at radius 3 is 3.26 bits per heavy atom. The number of amides is 1. The fourth-order valence-electron chi connectivity index (χ4n) is 2.53. The van der Waals surface area contributed by atoms with Gasteiger partial charge in [-0.25, -0.2) is 4.98 Å². The molecular weight excluding hydrogens is 258 g/mol. The molecule has 0 radical (unpaired) electrons. The van der Waals surface area contributed by atoms with Crippen molar-refractivity contribution in [2.75, 3.05) is 6.54 Å². The number of imidazole rings is 1. The van der Waals surface area contributed by atoms with Crippen molar-refractivity contribution in [3.63, 3.8) is 0 Å². The molecule has 19 heavy (non-hydrogen) atoms. The topological polar surface area (TPSA) is 46.9 Å². The highest BCUT2D eigenvalue weighted by molar-refractivity contribution is 7.08. The summed E-state index contributed by atoms with van der Waals surface area (Å²) >= 11 is 1.57. The van der Waals surface area contributed by atoms with Gasteiger partial charge in [-0.3, -0.25) is 4.79 Å². The molecule has 0 saturated carbocycles. The highest BCUT2D eigenvalue weighted by atomic mass is 32.1. The van der Waals surface area contributed by atoms with Crippen molar-refractivity contribution in [3.05, 3.63) is 40.1 Å². The maximum atomic E-state index is 12.0. The third kappa shape index (κ3) is 2.56. The lowest BCUT2D eigenvalue weighted by molar-refractivity contribution is 0.0943. The van der Waals surface area contributed by atoms with E-state index < -0.39 is 0 Å². The summed E-state index contributed by atoms with van der Waals surface area (Å²) in [7, 11) is 0. The van der Waals surface area contributed by atoms with Crippen molar-refractivity contribution in [2.24, 2.45) is 5.92 Å². The van der Waals surface area contributed by atoms with Gasteiger partial charge in [0.05, 0.1) is 5.56 Å². The molecule has 100 valence electrons. The van der Waals surface area contributed by atoms with Crippen LogP contribution in [0.5, 0.6) is 0 Å². The number of nitrogens with zero attached hydrogens (tertiary/aromatic N) is 2. The molecule has 0 aromatic carbocycles. The van der Waals surface area contributed by atoms with E-state index in [1.54, 1.807) is 11.3 Å². The molecule has 0 saturated heterocycles. The lowest BCUT2D eigenvalue weighted by Crippen LogP contribution is -2.33. The van der Waals surface area contributed by atoms with Crippen molar-refractivity contribution in [1.29, 1.82) is 0 Å². The Hall–Kier alpha value is -1.62. The van der Waals surface area contributed by atoms with Crippen LogP contribution < -0.4 is 5.32 Å². The summed E-state index contributed by atoms with van der Waals surface area (Å²) in [5.74, 6) is 1.72. The van der Waals surface area contributed by atoms with Gasteiger partial charge in [0.2, 0.25) is 0 Å². The van der Waals surface area contributed by atoms with E-state index in [1.807, 2.05) is 30.1 Å². The zero-order valence-corrected chi connectivity index (χ0v) is 11.7. The smallest absolute Gasteiger partial charge is 0.252 e. The second-order valence-corrected chi connectivity index (χ2v) is 5.82. The van der Waals surface area contributed by atoms with Crippen molar-refractivity contribution < 1.29 is 4.79 Å². The van der Waals surface area contributed by atoms with Crippen LogP contribution in [0.15, 0.2) is 23.2 Å². The number of hydrogen-bond acceptors (Lipinski definition) is 3. The van der Waals surface area contributed by atoms with Gasteiger partial charge < -0.3 is 9.88 Å². The number of aryl methyl sites for hydroxylation is 2. The zero-order chi connectivity index (χ0) is 13.2. The fourth-order valence-corrected chi connectivity index (χ4v) is 3.36. The maximum absolute atomic E-state index is 12.0. The highest BCUT2D eigenvalue weighted by Gasteiger charge is 2.19. The van der Waals surface area contributed by atoms with E-state index in [2.05, 4.69) is 14.9 Å². The second kappa shape index (κ2) is 5.17. The molecule has 1 amide bonds. The highest BCUT2D eigenvalue weighted by Crippen LogP contribution is 2.18. The van der Waals surface area contributed by atoms with E-state index in [0.717, 1.165) is 42.9 Å². The first-order chi connectivity index (χ1) is 9.24. The Kier molecular flexibility index (Phi) is 3.38. The second-order valence-electron chi connectivity index (χ2n) is 5.08. The monoisotopic (exact) mass is 275 g/mol. The van der Waals surface area contributed by atoms with Gasteiger partial charge in [0.1, 0.15) is 5.82 Å². The maximum Gasteiger partial charge on any atom is 0.252 e. The van der Waals surface area contributed by atoms with Gasteiger partial charge in [-0.2, -0.15) is 11.3 Å². The Balaban J connectivity index is 1.56. The standard InChI is InChI=1S/C14H17N3OS/c1-10-8-19-9-12(10)14(18)16-6-11-2-3-13-15-4-5-17(13)7-11/h4-5,8-9,11H,2-3,6-7H2,1H3,(H,16,18)/t11-/m1/s1. The zero-order valence-electron chi connectivity index (χ0n) is 10.9. The number of aromatic nitrogens is 2. The third-order valence-corrected chi connectivity index (χ3v) is 4.55. The van der Waals surface area contributed by atoms with Crippen LogP contribution in [-0.2, 0) is 13.0 Å². The van der Waals surface area contributed by atoms with Crippen LogP contribution in [0.3, 0.4) is 0 Å². The molecule has 1 aliphatic heterocycles. The van der Waals surface area contributed by atoms with E-state index in [4.69, 9.17) is 0 Å². The minimum absolute atomic E-state index is 0.0511. The van der Waals surface area contributed by atoms with Crippen LogP contribution in [0.25, 0.3) is 0 Å². The number of fused-ring (bicyclic) bond motifs is 1. The van der Waals surface area contributed by atoms with Crippen LogP contribution in [0.4, 0.5) is 0 Å². The Labute approximate surface area is 116 Å². The van der Waals surface area contributed by atoms with E-state index in [0.29, 0.717) is 5.92 Å². The van der Waals surface area contributed by atoms with Crippen LogP contribution in [0, 0.1) is 12.8 Å². The molecule has 2 aromatic heterocycles. The number of carbonyl (C=O) groups excluding carboxylic acids is 1. The molecule has 0 bridgehead atoms. The molecule has 0 unspecified atom stereocenters. The van der Waals surface area contributed by atoms with Gasteiger partial charge in [0, 0.05) is 37.3 Å². The fraction of sp³-hybridized carbons (Fsp3) is 0.429. The Morgan fingerprint density at radius 1 is 1.58 bits per heavy atom. The van der Waals surface area contributed by atoms with E-state index in [-0.39, 0.29) is 5.91 Å². The lowest BCUT2D eigenvalue weighted by atomic mass is 9.99. The quantitative estimate of drug-likeness (QED) is 0.934. The molecule has 5 heteroatoms. The molecular formula is C14H17N3OS. The van der Waals surface area contributed by atoms with Crippen LogP contribution in [0.2, 0.25) is 0 Å². The van der Waals surface area contributed by atoms with E-state index in [9.17, 15) is 4.79 Å². The van der Waals surface area contributed by atoms with Crippen molar-refractivity contribution >= 4 is 17.2 Å². The summed E-state index contributed by atoms with van der Waals surface area (Å²) < 4.78 is 2.19. The first-order valence-corrected chi connectivity index (χ1v) is 7.49. The SMILES string of the molecule is Cc1cscc1C(=O)NC[C@H]1CCc2nccn2C1. The molecule has 0 spiro atoms. The summed E-state index contributed by atoms with van der Waals surface area (Å²) in [5, 5.41) is 6.98. The number of nitrogens with one attached hydrogen (secondary N) is 1. The Morgan fingerprint density at radius 2 is 2.47 bits per heavy atom. The van der Waals surface area contributed by atoms with Gasteiger partial charge in [-0.1, -0.05) is 0 Å². The summed E-state index contributed by atoms with van der Waals surface area (Å²) in [6.07, 6.45) is 5.97. The number of hydrogen-bond donors (Lipinski definition) is 1. The van der Waals surface area contributed by atoms with Gasteiger partial charge in [-0.05, 0) is 30.2 Å². The molecule has 3 heterocycles. The summed E-state index contributed by atoms with van der Waals surface area (Å²) in [4.78, 5) is 16.4. The third-order valence-electron chi connectivity index (χ3n) is 3.68. The predicted molar refractivity (Wildman–Crippen MR) is 75.4 cm³/mol. The summed E-state index contributed by atoms with van der Waals surface area (Å²) in [6, 6.07) is 0. The van der Waals surface area contributed by atoms with Gasteiger partial charge in [0.25, 0.3) is 5.91 Å². The van der Waals surface area contributed by atoms with Crippen LogP contribution >= 0.6 is 11.3 Å². The van der Waals surface area contributed by atoms with E-state index in [1.165, 1.54) is 0 Å². The molecule has 0 aliphatic carbocycles. The first kappa shape index (κ1) is 12.4. The average molecular weight is 275 g/mol. The molecule has 0 fully saturated rings. The van der Waals surface area contributed by atoms with Gasteiger partial charge in [-0.15, -0.1) is 0 Å². The number of thiophene rings is 1. The lowest BCUT2D eigenvalue weighted by Gasteiger charge is -2.23. The normalized spacial score (nSPS) is 18.1. The average Bonchev–Trinajstić information content (AvgIpc) is 3.03. The van der Waals surface area contributed by atoms with Crippen molar-refractivity contribution in [2.45, 2.75) is 26.3 Å². The number of carbonyl (C=O) groups is 1. The molecule has 2 aromatic rings. The van der Waals surface area contributed by atoms with Crippen molar-refractivity contribution in [3.8, 4) is 0 Å². The molecule has 3 rings (SSSR count). The summed E-state index contributed by atoms with van der Waals surface area (Å²) in [6.45, 7) is 3.67. The molecule has 4 nitrogen and oxygen atoms in total. The number of rotatable bonds is 3. The van der Waals surface area contributed by atoms with Gasteiger partial charge >= 0.3 is 0 Å². The largest absolute Gasteiger partial charge is 0.352 e. The van der Waals surface area contributed by atoms with E-state index >= 15 is 0 Å². The van der Waals surface area contributed by atoms with Gasteiger partial charge in [0.15, 0.2) is 0 Å². The van der Waals surface area contributed by atoms with Crippen LogP contribution in [-0.4, -0.2) is 22.0 Å². The molecule has 1 aliphatic rings. The Bertz CT molecular complexity index is 587. The molecule has 1 N–H and O–H groups in total. The predicted octanol–water partition coefficient (Wildman–Crippen LogP) is 2.25. The molecule has 1 atom stereocenters. The summed E-state index contributed by atoms with van der Waals surface area (Å²) in [5.41, 5.74) is 1.87. The van der Waals surface area contributed by atoms with Crippen LogP contribution in [0.1, 0.15) is 28.2 Å². The first-order valence-electron chi connectivity index (χ1n) is 6.55. The van der Waals surface area contributed by atoms with Crippen molar-refractivity contribution in [1.82, 2.24) is 14.9 Å². The minimum atomic E-state index is 0.0511. The minimum Gasteiger partial charge on any atom is -0.352 e.